The van der Waals surface area contributed by atoms with E-state index in [1.54, 1.807) is 13.8 Å². The van der Waals surface area contributed by atoms with Crippen LogP contribution >= 0.6 is 0 Å². The molecule has 0 spiro atoms. The topological polar surface area (TPSA) is 90.2 Å². The first-order chi connectivity index (χ1) is 9.02. The van der Waals surface area contributed by atoms with Crippen LogP contribution in [-0.2, 0) is 0 Å². The van der Waals surface area contributed by atoms with Crippen LogP contribution < -0.4 is 10.3 Å². The van der Waals surface area contributed by atoms with Crippen molar-refractivity contribution in [2.75, 3.05) is 6.61 Å². The van der Waals surface area contributed by atoms with E-state index in [2.05, 4.69) is 5.10 Å². The van der Waals surface area contributed by atoms with E-state index in [0.29, 0.717) is 23.7 Å². The van der Waals surface area contributed by atoms with Gasteiger partial charge in [0.2, 0.25) is 0 Å². The largest absolute Gasteiger partial charge is 0.492 e. The molecule has 7 nitrogen and oxygen atoms in total. The van der Waals surface area contributed by atoms with Gasteiger partial charge in [0.15, 0.2) is 0 Å². The van der Waals surface area contributed by atoms with Crippen LogP contribution in [0.2, 0.25) is 0 Å². The summed E-state index contributed by atoms with van der Waals surface area (Å²) >= 11 is 0. The number of benzene rings is 1. The number of hydrogen-bond donors (Lipinski definition) is 1. The Morgan fingerprint density at radius 2 is 2.16 bits per heavy atom. The second-order valence-electron chi connectivity index (χ2n) is 3.95. The number of aromatic nitrogens is 2. The van der Waals surface area contributed by atoms with Crippen LogP contribution in [-0.4, -0.2) is 21.3 Å². The van der Waals surface area contributed by atoms with Gasteiger partial charge in [0.05, 0.1) is 11.5 Å². The fourth-order valence-electron chi connectivity index (χ4n) is 1.76. The fourth-order valence-corrected chi connectivity index (χ4v) is 1.76. The molecule has 2 aromatic rings. The molecule has 2 rings (SSSR count). The molecule has 100 valence electrons. The van der Waals surface area contributed by atoms with Gasteiger partial charge in [-0.2, -0.15) is 0 Å². The summed E-state index contributed by atoms with van der Waals surface area (Å²) in [5, 5.41) is 13.6. The molecule has 1 N–H and O–H groups in total. The minimum atomic E-state index is -0.514. The molecule has 1 aromatic carbocycles. The van der Waals surface area contributed by atoms with E-state index < -0.39 is 4.92 Å². The van der Waals surface area contributed by atoms with Gasteiger partial charge in [-0.25, -0.2) is 4.68 Å². The number of nitrogens with zero attached hydrogens (tertiary/aromatic N) is 2. The first-order valence-corrected chi connectivity index (χ1v) is 5.73. The molecule has 7 heteroatoms. The Morgan fingerprint density at radius 1 is 1.42 bits per heavy atom. The van der Waals surface area contributed by atoms with Gasteiger partial charge in [-0.1, -0.05) is 0 Å². The average Bonchev–Trinajstić information content (AvgIpc) is 2.69. The van der Waals surface area contributed by atoms with Crippen molar-refractivity contribution in [3.8, 4) is 11.4 Å². The van der Waals surface area contributed by atoms with Crippen molar-refractivity contribution in [2.45, 2.75) is 13.8 Å². The monoisotopic (exact) mass is 263 g/mol. The van der Waals surface area contributed by atoms with Crippen molar-refractivity contribution in [3.05, 3.63) is 50.4 Å². The third-order valence-electron chi connectivity index (χ3n) is 2.54. The van der Waals surface area contributed by atoms with Crippen molar-refractivity contribution in [2.24, 2.45) is 0 Å². The number of H-pyrrole nitrogens is 1. The number of ether oxygens (including phenoxy) is 1. The van der Waals surface area contributed by atoms with Gasteiger partial charge in [0.1, 0.15) is 11.4 Å². The molecule has 0 unspecified atom stereocenters. The molecule has 0 aliphatic heterocycles. The molecule has 0 atom stereocenters. The number of aromatic amines is 1. The number of nitro groups is 1. The van der Waals surface area contributed by atoms with Crippen LogP contribution in [0.5, 0.6) is 5.75 Å². The van der Waals surface area contributed by atoms with Crippen LogP contribution in [0, 0.1) is 17.0 Å². The molecule has 19 heavy (non-hydrogen) atoms. The Bertz CT molecular complexity index is 672. The highest BCUT2D eigenvalue weighted by atomic mass is 16.6. The van der Waals surface area contributed by atoms with Gasteiger partial charge in [-0.15, -0.1) is 0 Å². The molecule has 0 radical (unpaired) electrons. The van der Waals surface area contributed by atoms with Crippen molar-refractivity contribution < 1.29 is 9.66 Å². The highest BCUT2D eigenvalue weighted by Gasteiger charge is 2.15. The van der Waals surface area contributed by atoms with E-state index in [4.69, 9.17) is 4.74 Å². The molecule has 0 saturated carbocycles. The maximum Gasteiger partial charge on any atom is 0.271 e. The predicted octanol–water partition coefficient (Wildman–Crippen LogP) is 1.78. The van der Waals surface area contributed by atoms with Crippen LogP contribution in [0.25, 0.3) is 5.69 Å². The lowest BCUT2D eigenvalue weighted by molar-refractivity contribution is -0.384. The van der Waals surface area contributed by atoms with Crippen molar-refractivity contribution in [1.82, 2.24) is 9.78 Å². The maximum atomic E-state index is 11.8. The van der Waals surface area contributed by atoms with Crippen LogP contribution in [0.4, 0.5) is 5.69 Å². The highest BCUT2D eigenvalue weighted by molar-refractivity contribution is 5.53. The van der Waals surface area contributed by atoms with Crippen molar-refractivity contribution >= 4 is 5.69 Å². The smallest absolute Gasteiger partial charge is 0.271 e. The number of nitrogens with one attached hydrogen (secondary N) is 1. The second kappa shape index (κ2) is 4.97. The lowest BCUT2D eigenvalue weighted by Crippen LogP contribution is -2.15. The molecule has 1 heterocycles. The van der Waals surface area contributed by atoms with E-state index in [1.165, 1.54) is 28.9 Å². The molecule has 0 aliphatic carbocycles. The van der Waals surface area contributed by atoms with E-state index in [-0.39, 0.29) is 11.2 Å². The summed E-state index contributed by atoms with van der Waals surface area (Å²) in [7, 11) is 0. The first-order valence-electron chi connectivity index (χ1n) is 5.73. The number of nitro benzene ring substituents is 1. The molecule has 0 bridgehead atoms. The number of rotatable bonds is 4. The highest BCUT2D eigenvalue weighted by Crippen LogP contribution is 2.26. The zero-order chi connectivity index (χ0) is 14.0. The van der Waals surface area contributed by atoms with Gasteiger partial charge in [0.25, 0.3) is 11.2 Å². The predicted molar refractivity (Wildman–Crippen MR) is 69.0 cm³/mol. The van der Waals surface area contributed by atoms with Crippen LogP contribution in [0.3, 0.4) is 0 Å². The van der Waals surface area contributed by atoms with Gasteiger partial charge in [0, 0.05) is 23.9 Å². The van der Waals surface area contributed by atoms with Crippen molar-refractivity contribution in [3.63, 3.8) is 0 Å². The fraction of sp³-hybridized carbons (Fsp3) is 0.250. The Kier molecular flexibility index (Phi) is 3.37. The molecule has 0 amide bonds. The van der Waals surface area contributed by atoms with Crippen molar-refractivity contribution in [1.29, 1.82) is 0 Å². The summed E-state index contributed by atoms with van der Waals surface area (Å²) in [5.74, 6) is 0.414. The molecular formula is C12H13N3O4. The Labute approximate surface area is 108 Å². The lowest BCUT2D eigenvalue weighted by atomic mass is 10.2. The Hall–Kier alpha value is -2.57. The summed E-state index contributed by atoms with van der Waals surface area (Å²) < 4.78 is 6.62. The molecule has 0 saturated heterocycles. The van der Waals surface area contributed by atoms with Crippen LogP contribution in [0.1, 0.15) is 12.6 Å². The lowest BCUT2D eigenvalue weighted by Gasteiger charge is -2.10. The van der Waals surface area contributed by atoms with Gasteiger partial charge >= 0.3 is 0 Å². The molecule has 1 aromatic heterocycles. The molecule has 0 fully saturated rings. The van der Waals surface area contributed by atoms with E-state index in [0.717, 1.165) is 0 Å². The summed E-state index contributed by atoms with van der Waals surface area (Å²) in [6.07, 6.45) is 0. The van der Waals surface area contributed by atoms with Crippen LogP contribution in [0.15, 0.2) is 29.1 Å². The van der Waals surface area contributed by atoms with Gasteiger partial charge in [-0.3, -0.25) is 20.0 Å². The number of hydrogen-bond acceptors (Lipinski definition) is 4. The van der Waals surface area contributed by atoms with E-state index in [9.17, 15) is 14.9 Å². The quantitative estimate of drug-likeness (QED) is 0.672. The zero-order valence-electron chi connectivity index (χ0n) is 10.5. The minimum absolute atomic E-state index is 0.0994. The standard InChI is InChI=1S/C12H13N3O4/c1-3-19-11-5-4-9(15(17)18)7-10(11)14-12(16)6-8(2)13-14/h4-7,13H,3H2,1-2H3. The number of non-ortho nitro benzene ring substituents is 1. The van der Waals surface area contributed by atoms with E-state index in [1.807, 2.05) is 0 Å². The summed E-state index contributed by atoms with van der Waals surface area (Å²) in [5.41, 5.74) is 0.602. The van der Waals surface area contributed by atoms with Gasteiger partial charge < -0.3 is 4.74 Å². The summed E-state index contributed by atoms with van der Waals surface area (Å²) in [4.78, 5) is 22.1. The third kappa shape index (κ3) is 2.49. The molecule has 0 aliphatic rings. The van der Waals surface area contributed by atoms with Gasteiger partial charge in [-0.05, 0) is 19.9 Å². The third-order valence-corrected chi connectivity index (χ3v) is 2.54. The SMILES string of the molecule is CCOc1ccc([N+](=O)[O-])cc1-n1[nH]c(C)cc1=O. The second-order valence-corrected chi connectivity index (χ2v) is 3.95. The zero-order valence-corrected chi connectivity index (χ0v) is 10.5. The first kappa shape index (κ1) is 12.9. The molecular weight excluding hydrogens is 250 g/mol. The summed E-state index contributed by atoms with van der Waals surface area (Å²) in [6.45, 7) is 3.93. The minimum Gasteiger partial charge on any atom is -0.492 e. The Morgan fingerprint density at radius 3 is 2.68 bits per heavy atom. The van der Waals surface area contributed by atoms with E-state index >= 15 is 0 Å². The maximum absolute atomic E-state index is 11.8. The normalized spacial score (nSPS) is 10.4. The average molecular weight is 263 g/mol. The Balaban J connectivity index is 2.64. The summed E-state index contributed by atoms with van der Waals surface area (Å²) in [6, 6.07) is 5.55. The number of aryl methyl sites for hydroxylation is 1.